The number of anilines is 1. The Hall–Kier alpha value is -3.64. The number of fused-ring (bicyclic) bond motifs is 1. The zero-order chi connectivity index (χ0) is 27.1. The van der Waals surface area contributed by atoms with Gasteiger partial charge < -0.3 is 24.0 Å². The predicted octanol–water partition coefficient (Wildman–Crippen LogP) is 2.38. The van der Waals surface area contributed by atoms with E-state index in [1.807, 2.05) is 0 Å². The third-order valence-electron chi connectivity index (χ3n) is 7.47. The van der Waals surface area contributed by atoms with Gasteiger partial charge in [-0.1, -0.05) is 18.2 Å². The molecule has 2 aliphatic heterocycles. The number of benzene rings is 1. The molecule has 202 valence electrons. The highest BCUT2D eigenvalue weighted by molar-refractivity contribution is 5.89. The maximum atomic E-state index is 16.7. The number of likely N-dealkylation sites (N-methyl/N-ethyl adjacent to an activating group) is 1. The summed E-state index contributed by atoms with van der Waals surface area (Å²) in [6, 6.07) is 8.42. The Morgan fingerprint density at radius 2 is 1.82 bits per heavy atom. The maximum absolute atomic E-state index is 16.7. The molecule has 0 unspecified atom stereocenters. The number of rotatable bonds is 6. The lowest BCUT2D eigenvalue weighted by molar-refractivity contribution is -0.175. The molecule has 5 rings (SSSR count). The number of alkyl halides is 1. The summed E-state index contributed by atoms with van der Waals surface area (Å²) in [5.41, 5.74) is -2.77. The molecule has 3 aromatic rings. The lowest BCUT2D eigenvalue weighted by Gasteiger charge is -2.36. The average molecular weight is 527 g/mol. The Kier molecular flexibility index (Phi) is 6.78. The largest absolute Gasteiger partial charge is 0.459 e. The topological polar surface area (TPSA) is 112 Å². The number of carbonyl (C=O) groups is 2. The van der Waals surface area contributed by atoms with Crippen LogP contribution in [0.25, 0.3) is 11.2 Å². The number of halogens is 1. The van der Waals surface area contributed by atoms with E-state index in [2.05, 4.69) is 31.8 Å². The minimum absolute atomic E-state index is 0.332. The average Bonchev–Trinajstić information content (AvgIpc) is 3.40. The molecule has 0 N–H and O–H groups in total. The summed E-state index contributed by atoms with van der Waals surface area (Å²) < 4.78 is 35.3. The molecule has 4 heterocycles. The standard InChI is InChI=1S/C26H31FN6O5/c1-17(34)38-26(3)19(14-36-23(35)18-8-6-5-7-9-18)37-24(25(26,2)27)33-16-30-20-21(28-15-29-22(20)33)32-12-10-31(4)11-13-32/h5-9,15-16,19,24H,10-14H2,1-4H3/t19-,24+,25+,26+/m1/s1. The van der Waals surface area contributed by atoms with Crippen molar-refractivity contribution in [3.8, 4) is 0 Å². The summed E-state index contributed by atoms with van der Waals surface area (Å²) >= 11 is 0. The molecule has 0 saturated carbocycles. The van der Waals surface area contributed by atoms with Crippen LogP contribution >= 0.6 is 0 Å². The van der Waals surface area contributed by atoms with E-state index in [9.17, 15) is 9.59 Å². The summed E-state index contributed by atoms with van der Waals surface area (Å²) in [5, 5.41) is 0. The lowest BCUT2D eigenvalue weighted by atomic mass is 9.84. The first-order valence-electron chi connectivity index (χ1n) is 12.5. The number of aromatic nitrogens is 4. The third kappa shape index (κ3) is 4.47. The normalized spacial score (nSPS) is 28.0. The molecule has 12 heteroatoms. The first kappa shape index (κ1) is 26.0. The molecule has 2 saturated heterocycles. The summed E-state index contributed by atoms with van der Waals surface area (Å²) in [4.78, 5) is 42.3. The van der Waals surface area contributed by atoms with Crippen LogP contribution in [0, 0.1) is 0 Å². The Bertz CT molecular complexity index is 1330. The Morgan fingerprint density at radius 3 is 2.50 bits per heavy atom. The van der Waals surface area contributed by atoms with Gasteiger partial charge in [0, 0.05) is 33.1 Å². The quantitative estimate of drug-likeness (QED) is 0.444. The van der Waals surface area contributed by atoms with Crippen molar-refractivity contribution < 1.29 is 28.2 Å². The first-order valence-corrected chi connectivity index (χ1v) is 12.5. The summed E-state index contributed by atoms with van der Waals surface area (Å²) in [6.07, 6.45) is 0.500. The second-order valence-electron chi connectivity index (χ2n) is 10.0. The second-order valence-corrected chi connectivity index (χ2v) is 10.0. The van der Waals surface area contributed by atoms with Gasteiger partial charge in [-0.2, -0.15) is 0 Å². The van der Waals surface area contributed by atoms with Crippen LogP contribution in [0.15, 0.2) is 43.0 Å². The van der Waals surface area contributed by atoms with Crippen LogP contribution in [-0.2, 0) is 19.0 Å². The van der Waals surface area contributed by atoms with Gasteiger partial charge >= 0.3 is 11.9 Å². The summed E-state index contributed by atoms with van der Waals surface area (Å²) in [5.74, 6) is -0.618. The van der Waals surface area contributed by atoms with Gasteiger partial charge in [-0.15, -0.1) is 0 Å². The zero-order valence-electron chi connectivity index (χ0n) is 21.8. The van der Waals surface area contributed by atoms with Crippen LogP contribution in [-0.4, -0.2) is 93.6 Å². The first-order chi connectivity index (χ1) is 18.1. The smallest absolute Gasteiger partial charge is 0.338 e. The number of hydrogen-bond acceptors (Lipinski definition) is 10. The number of nitrogens with zero attached hydrogens (tertiary/aromatic N) is 6. The fourth-order valence-corrected chi connectivity index (χ4v) is 5.03. The molecule has 0 spiro atoms. The van der Waals surface area contributed by atoms with Gasteiger partial charge in [-0.3, -0.25) is 9.36 Å². The molecule has 2 aliphatic rings. The number of piperazine rings is 1. The molecular weight excluding hydrogens is 495 g/mol. The predicted molar refractivity (Wildman–Crippen MR) is 135 cm³/mol. The van der Waals surface area contributed by atoms with E-state index < -0.39 is 35.5 Å². The second kappa shape index (κ2) is 9.91. The molecule has 4 atom stereocenters. The third-order valence-corrected chi connectivity index (χ3v) is 7.47. The van der Waals surface area contributed by atoms with Gasteiger partial charge in [-0.05, 0) is 33.0 Å². The van der Waals surface area contributed by atoms with Gasteiger partial charge in [0.1, 0.15) is 19.0 Å². The highest BCUT2D eigenvalue weighted by Crippen LogP contribution is 2.51. The van der Waals surface area contributed by atoms with E-state index in [1.54, 1.807) is 30.3 Å². The highest BCUT2D eigenvalue weighted by Gasteiger charge is 2.66. The Morgan fingerprint density at radius 1 is 1.11 bits per heavy atom. The minimum atomic E-state index is -2.24. The minimum Gasteiger partial charge on any atom is -0.459 e. The molecule has 2 aromatic heterocycles. The van der Waals surface area contributed by atoms with Gasteiger partial charge in [0.25, 0.3) is 0 Å². The van der Waals surface area contributed by atoms with Crippen LogP contribution in [0.2, 0.25) is 0 Å². The van der Waals surface area contributed by atoms with E-state index in [4.69, 9.17) is 14.2 Å². The van der Waals surface area contributed by atoms with Crippen molar-refractivity contribution in [3.63, 3.8) is 0 Å². The number of hydrogen-bond donors (Lipinski definition) is 0. The molecule has 0 aliphatic carbocycles. The highest BCUT2D eigenvalue weighted by atomic mass is 19.1. The van der Waals surface area contributed by atoms with Crippen molar-refractivity contribution in [2.75, 3.05) is 44.7 Å². The molecule has 38 heavy (non-hydrogen) atoms. The van der Waals surface area contributed by atoms with Crippen molar-refractivity contribution >= 4 is 28.9 Å². The molecule has 0 radical (unpaired) electrons. The zero-order valence-corrected chi connectivity index (χ0v) is 21.8. The van der Waals surface area contributed by atoms with Crippen molar-refractivity contribution in [3.05, 3.63) is 48.5 Å². The van der Waals surface area contributed by atoms with Crippen LogP contribution < -0.4 is 4.90 Å². The van der Waals surface area contributed by atoms with Gasteiger partial charge in [0.2, 0.25) is 0 Å². The molecular formula is C26H31FN6O5. The molecule has 2 fully saturated rings. The van der Waals surface area contributed by atoms with E-state index in [0.29, 0.717) is 22.5 Å². The fourth-order valence-electron chi connectivity index (χ4n) is 5.03. The van der Waals surface area contributed by atoms with Crippen LogP contribution in [0.1, 0.15) is 37.4 Å². The van der Waals surface area contributed by atoms with Crippen molar-refractivity contribution in [1.82, 2.24) is 24.4 Å². The number of carbonyl (C=O) groups excluding carboxylic acids is 2. The van der Waals surface area contributed by atoms with Crippen LogP contribution in [0.5, 0.6) is 0 Å². The van der Waals surface area contributed by atoms with E-state index in [0.717, 1.165) is 26.2 Å². The van der Waals surface area contributed by atoms with Crippen LogP contribution in [0.4, 0.5) is 10.2 Å². The monoisotopic (exact) mass is 526 g/mol. The van der Waals surface area contributed by atoms with Gasteiger partial charge in [-0.25, -0.2) is 24.1 Å². The van der Waals surface area contributed by atoms with E-state index >= 15 is 4.39 Å². The summed E-state index contributed by atoms with van der Waals surface area (Å²) in [6.45, 7) is 6.92. The molecule has 1 aromatic carbocycles. The van der Waals surface area contributed by atoms with E-state index in [1.165, 1.54) is 38.0 Å². The Balaban J connectivity index is 1.46. The van der Waals surface area contributed by atoms with Crippen molar-refractivity contribution in [1.29, 1.82) is 0 Å². The van der Waals surface area contributed by atoms with E-state index in [-0.39, 0.29) is 6.61 Å². The lowest BCUT2D eigenvalue weighted by Crippen LogP contribution is -2.55. The van der Waals surface area contributed by atoms with Crippen LogP contribution in [0.3, 0.4) is 0 Å². The molecule has 0 amide bonds. The van der Waals surface area contributed by atoms with Gasteiger partial charge in [0.15, 0.2) is 34.5 Å². The number of ether oxygens (including phenoxy) is 3. The number of imidazole rings is 1. The summed E-state index contributed by atoms with van der Waals surface area (Å²) in [7, 11) is 2.06. The van der Waals surface area contributed by atoms with Crippen molar-refractivity contribution in [2.45, 2.75) is 44.4 Å². The Labute approximate surface area is 219 Å². The molecule has 0 bridgehead atoms. The fraction of sp³-hybridized carbons (Fsp3) is 0.500. The maximum Gasteiger partial charge on any atom is 0.338 e. The number of esters is 2. The molecule has 11 nitrogen and oxygen atoms in total. The SMILES string of the molecule is CC(=O)O[C@@]1(C)[C@@H](COC(=O)c2ccccc2)O[C@H](n2cnc3c(N4CCN(C)CC4)ncnc32)[C@]1(C)F. The van der Waals surface area contributed by atoms with Crippen molar-refractivity contribution in [2.24, 2.45) is 0 Å². The van der Waals surface area contributed by atoms with Gasteiger partial charge in [0.05, 0.1) is 11.9 Å².